The van der Waals surface area contributed by atoms with Crippen LogP contribution < -0.4 is 5.56 Å². The molecule has 0 bridgehead atoms. The average molecular weight is 226 g/mol. The summed E-state index contributed by atoms with van der Waals surface area (Å²) in [5.41, 5.74) is 2.21. The van der Waals surface area contributed by atoms with Gasteiger partial charge in [0.15, 0.2) is 5.52 Å². The molecular formula is C12H10N4O. The van der Waals surface area contributed by atoms with Gasteiger partial charge in [-0.3, -0.25) is 4.79 Å². The molecule has 0 atom stereocenters. The molecule has 0 spiro atoms. The lowest BCUT2D eigenvalue weighted by Crippen LogP contribution is -2.07. The summed E-state index contributed by atoms with van der Waals surface area (Å²) >= 11 is 0. The minimum atomic E-state index is -0.270. The van der Waals surface area contributed by atoms with Crippen molar-refractivity contribution >= 4 is 10.9 Å². The molecule has 3 rings (SSSR count). The van der Waals surface area contributed by atoms with E-state index in [1.54, 1.807) is 17.1 Å². The quantitative estimate of drug-likeness (QED) is 0.682. The van der Waals surface area contributed by atoms with Gasteiger partial charge in [0.25, 0.3) is 5.56 Å². The van der Waals surface area contributed by atoms with Gasteiger partial charge in [0.05, 0.1) is 11.9 Å². The number of benzene rings is 1. The number of aromatic amines is 1. The molecule has 1 aromatic carbocycles. The summed E-state index contributed by atoms with van der Waals surface area (Å²) in [5.74, 6) is 0. The predicted octanol–water partition coefficient (Wildman–Crippen LogP) is 1.42. The molecule has 0 saturated carbocycles. The van der Waals surface area contributed by atoms with E-state index >= 15 is 0 Å². The van der Waals surface area contributed by atoms with Crippen molar-refractivity contribution in [2.45, 2.75) is 6.92 Å². The van der Waals surface area contributed by atoms with Crippen molar-refractivity contribution in [3.63, 3.8) is 0 Å². The fourth-order valence-corrected chi connectivity index (χ4v) is 1.77. The van der Waals surface area contributed by atoms with E-state index in [0.717, 1.165) is 16.6 Å². The van der Waals surface area contributed by atoms with Crippen LogP contribution in [0.5, 0.6) is 0 Å². The van der Waals surface area contributed by atoms with Crippen molar-refractivity contribution in [2.75, 3.05) is 0 Å². The Hall–Kier alpha value is -2.43. The molecule has 17 heavy (non-hydrogen) atoms. The van der Waals surface area contributed by atoms with Crippen molar-refractivity contribution in [1.82, 2.24) is 20.0 Å². The molecule has 5 nitrogen and oxygen atoms in total. The lowest BCUT2D eigenvalue weighted by molar-refractivity contribution is 0.889. The Morgan fingerprint density at radius 3 is 3.00 bits per heavy atom. The van der Waals surface area contributed by atoms with Gasteiger partial charge in [0, 0.05) is 11.6 Å². The van der Waals surface area contributed by atoms with Gasteiger partial charge in [-0.15, -0.1) is 0 Å². The standard InChI is InChI=1S/C12H10N4O/c1-8-3-2-4-10(5-8)16-7-9-6-13-14-12(17)11(9)15-16/h2-7H,1H3,(H,14,17). The normalized spacial score (nSPS) is 10.9. The molecular weight excluding hydrogens is 216 g/mol. The molecule has 3 aromatic rings. The second kappa shape index (κ2) is 3.55. The number of H-pyrrole nitrogens is 1. The van der Waals surface area contributed by atoms with Crippen LogP contribution in [0.2, 0.25) is 0 Å². The van der Waals surface area contributed by atoms with E-state index in [4.69, 9.17) is 0 Å². The largest absolute Gasteiger partial charge is 0.292 e. The molecule has 84 valence electrons. The molecule has 0 radical (unpaired) electrons. The highest BCUT2D eigenvalue weighted by atomic mass is 16.1. The summed E-state index contributed by atoms with van der Waals surface area (Å²) in [5, 5.41) is 11.1. The van der Waals surface area contributed by atoms with Gasteiger partial charge in [0.1, 0.15) is 0 Å². The van der Waals surface area contributed by atoms with Crippen LogP contribution in [0.3, 0.4) is 0 Å². The highest BCUT2D eigenvalue weighted by molar-refractivity contribution is 5.76. The third-order valence-corrected chi connectivity index (χ3v) is 2.59. The highest BCUT2D eigenvalue weighted by Crippen LogP contribution is 2.12. The summed E-state index contributed by atoms with van der Waals surface area (Å²) in [6, 6.07) is 7.93. The van der Waals surface area contributed by atoms with Crippen molar-refractivity contribution in [1.29, 1.82) is 0 Å². The third kappa shape index (κ3) is 1.61. The van der Waals surface area contributed by atoms with Crippen LogP contribution in [0.25, 0.3) is 16.6 Å². The van der Waals surface area contributed by atoms with Gasteiger partial charge < -0.3 is 0 Å². The number of rotatable bonds is 1. The van der Waals surface area contributed by atoms with Crippen molar-refractivity contribution in [3.8, 4) is 5.69 Å². The van der Waals surface area contributed by atoms with Crippen LogP contribution in [0.15, 0.2) is 41.5 Å². The van der Waals surface area contributed by atoms with E-state index in [2.05, 4.69) is 15.3 Å². The maximum atomic E-state index is 11.5. The first-order valence-corrected chi connectivity index (χ1v) is 5.24. The Balaban J connectivity index is 2.25. The lowest BCUT2D eigenvalue weighted by Gasteiger charge is -2.00. The van der Waals surface area contributed by atoms with Gasteiger partial charge in [0.2, 0.25) is 0 Å². The Kier molecular flexibility index (Phi) is 2.04. The van der Waals surface area contributed by atoms with Crippen LogP contribution in [-0.4, -0.2) is 20.0 Å². The summed E-state index contributed by atoms with van der Waals surface area (Å²) in [6.45, 7) is 2.01. The molecule has 0 aliphatic heterocycles. The van der Waals surface area contributed by atoms with Gasteiger partial charge in [-0.05, 0) is 24.6 Å². The maximum Gasteiger partial charge on any atom is 0.292 e. The molecule has 2 aromatic heterocycles. The number of nitrogens with one attached hydrogen (secondary N) is 1. The zero-order chi connectivity index (χ0) is 11.8. The van der Waals surface area contributed by atoms with E-state index in [9.17, 15) is 4.79 Å². The van der Waals surface area contributed by atoms with E-state index in [-0.39, 0.29) is 5.56 Å². The van der Waals surface area contributed by atoms with E-state index in [0.29, 0.717) is 5.52 Å². The Morgan fingerprint density at radius 2 is 2.24 bits per heavy atom. The molecule has 0 fully saturated rings. The van der Waals surface area contributed by atoms with Crippen molar-refractivity contribution < 1.29 is 0 Å². The number of hydrogen-bond donors (Lipinski definition) is 1. The Bertz CT molecular complexity index is 741. The summed E-state index contributed by atoms with van der Waals surface area (Å²) in [4.78, 5) is 11.5. The molecule has 2 heterocycles. The van der Waals surface area contributed by atoms with Crippen LogP contribution in [0.1, 0.15) is 5.56 Å². The Morgan fingerprint density at radius 1 is 1.35 bits per heavy atom. The number of aromatic nitrogens is 4. The fourth-order valence-electron chi connectivity index (χ4n) is 1.77. The van der Waals surface area contributed by atoms with Gasteiger partial charge in [-0.25, -0.2) is 9.78 Å². The van der Waals surface area contributed by atoms with Crippen molar-refractivity contribution in [3.05, 3.63) is 52.6 Å². The van der Waals surface area contributed by atoms with E-state index in [1.165, 1.54) is 0 Å². The van der Waals surface area contributed by atoms with E-state index in [1.807, 2.05) is 31.2 Å². The molecule has 0 unspecified atom stereocenters. The highest BCUT2D eigenvalue weighted by Gasteiger charge is 2.05. The number of hydrogen-bond acceptors (Lipinski definition) is 3. The molecule has 5 heteroatoms. The molecule has 0 amide bonds. The second-order valence-corrected chi connectivity index (χ2v) is 3.92. The summed E-state index contributed by atoms with van der Waals surface area (Å²) < 4.78 is 1.69. The van der Waals surface area contributed by atoms with Gasteiger partial charge in [-0.2, -0.15) is 10.2 Å². The smallest absolute Gasteiger partial charge is 0.265 e. The number of fused-ring (bicyclic) bond motifs is 1. The van der Waals surface area contributed by atoms with Gasteiger partial charge in [-0.1, -0.05) is 12.1 Å². The topological polar surface area (TPSA) is 63.6 Å². The van der Waals surface area contributed by atoms with E-state index < -0.39 is 0 Å². The minimum absolute atomic E-state index is 0.270. The Labute approximate surface area is 96.7 Å². The van der Waals surface area contributed by atoms with Crippen LogP contribution >= 0.6 is 0 Å². The SMILES string of the molecule is Cc1cccc(-n2cc3cn[nH]c(=O)c3n2)c1. The first-order valence-electron chi connectivity index (χ1n) is 5.24. The zero-order valence-electron chi connectivity index (χ0n) is 9.21. The first-order chi connectivity index (χ1) is 8.24. The predicted molar refractivity (Wildman–Crippen MR) is 64.2 cm³/mol. The fraction of sp³-hybridized carbons (Fsp3) is 0.0833. The maximum absolute atomic E-state index is 11.5. The van der Waals surface area contributed by atoms with Crippen LogP contribution in [0, 0.1) is 6.92 Å². The number of aryl methyl sites for hydroxylation is 1. The van der Waals surface area contributed by atoms with Crippen LogP contribution in [0.4, 0.5) is 0 Å². The zero-order valence-corrected chi connectivity index (χ0v) is 9.21. The third-order valence-electron chi connectivity index (χ3n) is 2.59. The molecule has 0 aliphatic rings. The first kappa shape index (κ1) is 9.77. The number of nitrogens with zero attached hydrogens (tertiary/aromatic N) is 3. The summed E-state index contributed by atoms with van der Waals surface area (Å²) in [6.07, 6.45) is 3.39. The molecule has 0 aliphatic carbocycles. The van der Waals surface area contributed by atoms with Crippen LogP contribution in [-0.2, 0) is 0 Å². The van der Waals surface area contributed by atoms with Gasteiger partial charge >= 0.3 is 0 Å². The minimum Gasteiger partial charge on any atom is -0.265 e. The molecule has 1 N–H and O–H groups in total. The van der Waals surface area contributed by atoms with Crippen molar-refractivity contribution in [2.24, 2.45) is 0 Å². The molecule has 0 saturated heterocycles. The summed E-state index contributed by atoms with van der Waals surface area (Å²) in [7, 11) is 0. The second-order valence-electron chi connectivity index (χ2n) is 3.92. The monoisotopic (exact) mass is 226 g/mol. The lowest BCUT2D eigenvalue weighted by atomic mass is 10.2. The average Bonchev–Trinajstić information content (AvgIpc) is 2.74.